The molecule has 0 unspecified atom stereocenters. The average Bonchev–Trinajstić information content (AvgIpc) is 2.60. The third kappa shape index (κ3) is 5.93. The number of piperidine rings is 1. The highest BCUT2D eigenvalue weighted by atomic mass is 15.2. The van der Waals surface area contributed by atoms with Crippen LogP contribution in [0.15, 0.2) is 41.5 Å². The number of guanidine groups is 1. The molecule has 1 aliphatic heterocycles. The van der Waals surface area contributed by atoms with Crippen molar-refractivity contribution in [2.24, 2.45) is 4.99 Å². The minimum absolute atomic E-state index is 0.481. The average molecular weight is 315 g/mol. The highest BCUT2D eigenvalue weighted by Gasteiger charge is 2.20. The van der Waals surface area contributed by atoms with Crippen LogP contribution in [-0.4, -0.2) is 43.2 Å². The molecule has 2 heterocycles. The van der Waals surface area contributed by atoms with Crippen molar-refractivity contribution < 1.29 is 0 Å². The van der Waals surface area contributed by atoms with E-state index in [0.717, 1.165) is 57.2 Å². The standard InChI is InChI=1S/C18H29N5/c1-3-5-7-13-21-18(19-4-2)22-16-10-14-23(15-11-16)17-9-6-8-12-20-17/h3,5-6,8-9,12,16H,4,7,10-11,13-15H2,1-2H3,(H2,19,21,22). The molecule has 2 rings (SSSR count). The molecule has 1 aromatic rings. The Kier molecular flexibility index (Phi) is 7.43. The number of nitrogens with one attached hydrogen (secondary N) is 2. The van der Waals surface area contributed by atoms with Crippen molar-refractivity contribution in [3.05, 3.63) is 36.5 Å². The second kappa shape index (κ2) is 9.87. The summed E-state index contributed by atoms with van der Waals surface area (Å²) in [4.78, 5) is 11.4. The first-order chi connectivity index (χ1) is 11.3. The Morgan fingerprint density at radius 3 is 2.87 bits per heavy atom. The molecule has 1 aromatic heterocycles. The van der Waals surface area contributed by atoms with Gasteiger partial charge in [0.25, 0.3) is 0 Å². The van der Waals surface area contributed by atoms with Crippen LogP contribution in [0.2, 0.25) is 0 Å². The van der Waals surface area contributed by atoms with Crippen molar-refractivity contribution in [1.29, 1.82) is 0 Å². The van der Waals surface area contributed by atoms with Crippen LogP contribution in [0, 0.1) is 0 Å². The Labute approximate surface area is 139 Å². The molecule has 0 amide bonds. The molecule has 0 spiro atoms. The molecule has 0 atom stereocenters. The number of hydrogen-bond acceptors (Lipinski definition) is 3. The Morgan fingerprint density at radius 2 is 2.22 bits per heavy atom. The molecule has 1 fully saturated rings. The summed E-state index contributed by atoms with van der Waals surface area (Å²) in [6.07, 6.45) is 9.29. The van der Waals surface area contributed by atoms with Crippen LogP contribution < -0.4 is 15.5 Å². The fourth-order valence-corrected chi connectivity index (χ4v) is 2.72. The monoisotopic (exact) mass is 315 g/mol. The van der Waals surface area contributed by atoms with Crippen LogP contribution in [0.5, 0.6) is 0 Å². The molecule has 5 heteroatoms. The fraction of sp³-hybridized carbons (Fsp3) is 0.556. The molecule has 23 heavy (non-hydrogen) atoms. The highest BCUT2D eigenvalue weighted by molar-refractivity contribution is 5.80. The number of rotatable bonds is 6. The second-order valence-corrected chi connectivity index (χ2v) is 5.71. The number of hydrogen-bond donors (Lipinski definition) is 2. The molecular formula is C18H29N5. The van der Waals surface area contributed by atoms with Gasteiger partial charge in [-0.05, 0) is 45.2 Å². The molecule has 0 aromatic carbocycles. The van der Waals surface area contributed by atoms with Gasteiger partial charge in [-0.3, -0.25) is 4.99 Å². The normalized spacial score (nSPS) is 16.8. The lowest BCUT2D eigenvalue weighted by Crippen LogP contribution is -2.49. The number of pyridine rings is 1. The van der Waals surface area contributed by atoms with E-state index in [2.05, 4.69) is 50.7 Å². The first-order valence-corrected chi connectivity index (χ1v) is 8.65. The molecule has 1 saturated heterocycles. The summed E-state index contributed by atoms with van der Waals surface area (Å²) in [5.41, 5.74) is 0. The van der Waals surface area contributed by atoms with E-state index in [0.29, 0.717) is 6.04 Å². The summed E-state index contributed by atoms with van der Waals surface area (Å²) in [5, 5.41) is 6.91. The maximum absolute atomic E-state index is 4.64. The van der Waals surface area contributed by atoms with Gasteiger partial charge in [0.2, 0.25) is 0 Å². The quantitative estimate of drug-likeness (QED) is 0.367. The molecule has 0 bridgehead atoms. The topological polar surface area (TPSA) is 52.6 Å². The van der Waals surface area contributed by atoms with Gasteiger partial charge in [-0.2, -0.15) is 0 Å². The largest absolute Gasteiger partial charge is 0.357 e. The van der Waals surface area contributed by atoms with Crippen LogP contribution >= 0.6 is 0 Å². The zero-order valence-electron chi connectivity index (χ0n) is 14.3. The molecule has 126 valence electrons. The van der Waals surface area contributed by atoms with Crippen LogP contribution in [0.3, 0.4) is 0 Å². The van der Waals surface area contributed by atoms with E-state index in [4.69, 9.17) is 0 Å². The Bertz CT molecular complexity index is 489. The molecule has 1 aliphatic rings. The van der Waals surface area contributed by atoms with Crippen LogP contribution in [0.4, 0.5) is 5.82 Å². The summed E-state index contributed by atoms with van der Waals surface area (Å²) < 4.78 is 0. The zero-order chi connectivity index (χ0) is 16.3. The maximum Gasteiger partial charge on any atom is 0.191 e. The van der Waals surface area contributed by atoms with Crippen molar-refractivity contribution in [3.63, 3.8) is 0 Å². The predicted molar refractivity (Wildman–Crippen MR) is 98.0 cm³/mol. The van der Waals surface area contributed by atoms with Gasteiger partial charge in [0.15, 0.2) is 5.96 Å². The molecule has 0 aliphatic carbocycles. The van der Waals surface area contributed by atoms with Crippen LogP contribution in [-0.2, 0) is 0 Å². The zero-order valence-corrected chi connectivity index (χ0v) is 14.3. The summed E-state index contributed by atoms with van der Waals surface area (Å²) in [6.45, 7) is 7.93. The van der Waals surface area contributed by atoms with E-state index in [1.54, 1.807) is 0 Å². The van der Waals surface area contributed by atoms with Crippen LogP contribution in [0.1, 0.15) is 33.1 Å². The third-order valence-electron chi connectivity index (χ3n) is 3.95. The first-order valence-electron chi connectivity index (χ1n) is 8.65. The second-order valence-electron chi connectivity index (χ2n) is 5.71. The minimum atomic E-state index is 0.481. The van der Waals surface area contributed by atoms with E-state index >= 15 is 0 Å². The molecule has 2 N–H and O–H groups in total. The number of nitrogens with zero attached hydrogens (tertiary/aromatic N) is 3. The molecular weight excluding hydrogens is 286 g/mol. The van der Waals surface area contributed by atoms with Gasteiger partial charge < -0.3 is 15.5 Å². The van der Waals surface area contributed by atoms with Gasteiger partial charge in [0.05, 0.1) is 0 Å². The van der Waals surface area contributed by atoms with Crippen molar-refractivity contribution in [2.45, 2.75) is 39.2 Å². The van der Waals surface area contributed by atoms with Crippen molar-refractivity contribution in [1.82, 2.24) is 15.6 Å². The lowest BCUT2D eigenvalue weighted by atomic mass is 10.1. The molecule has 5 nitrogen and oxygen atoms in total. The van der Waals surface area contributed by atoms with Gasteiger partial charge in [0.1, 0.15) is 5.82 Å². The lowest BCUT2D eigenvalue weighted by Gasteiger charge is -2.33. The first kappa shape index (κ1) is 17.3. The number of aliphatic imine (C=N–C) groups is 1. The summed E-state index contributed by atoms with van der Waals surface area (Å²) in [7, 11) is 0. The van der Waals surface area contributed by atoms with E-state index in [1.165, 1.54) is 0 Å². The van der Waals surface area contributed by atoms with Gasteiger partial charge >= 0.3 is 0 Å². The third-order valence-corrected chi connectivity index (χ3v) is 3.95. The van der Waals surface area contributed by atoms with Crippen molar-refractivity contribution in [2.75, 3.05) is 31.1 Å². The fourth-order valence-electron chi connectivity index (χ4n) is 2.72. The summed E-state index contributed by atoms with van der Waals surface area (Å²) in [5.74, 6) is 2.02. The highest BCUT2D eigenvalue weighted by Crippen LogP contribution is 2.17. The Morgan fingerprint density at radius 1 is 1.39 bits per heavy atom. The van der Waals surface area contributed by atoms with E-state index in [-0.39, 0.29) is 0 Å². The van der Waals surface area contributed by atoms with Gasteiger partial charge in [-0.15, -0.1) is 0 Å². The predicted octanol–water partition coefficient (Wildman–Crippen LogP) is 2.57. The van der Waals surface area contributed by atoms with E-state index in [1.807, 2.05) is 25.3 Å². The number of aromatic nitrogens is 1. The van der Waals surface area contributed by atoms with E-state index in [9.17, 15) is 0 Å². The maximum atomic E-state index is 4.64. The minimum Gasteiger partial charge on any atom is -0.357 e. The SMILES string of the molecule is CC=CCCN=C(NCC)NC1CCN(c2ccccn2)CC1. The van der Waals surface area contributed by atoms with E-state index < -0.39 is 0 Å². The van der Waals surface area contributed by atoms with Gasteiger partial charge in [-0.25, -0.2) is 4.98 Å². The lowest BCUT2D eigenvalue weighted by molar-refractivity contribution is 0.459. The van der Waals surface area contributed by atoms with Crippen molar-refractivity contribution >= 4 is 11.8 Å². The van der Waals surface area contributed by atoms with Crippen LogP contribution in [0.25, 0.3) is 0 Å². The summed E-state index contributed by atoms with van der Waals surface area (Å²) >= 11 is 0. The number of anilines is 1. The molecule has 0 saturated carbocycles. The van der Waals surface area contributed by atoms with Gasteiger partial charge in [-0.1, -0.05) is 18.2 Å². The van der Waals surface area contributed by atoms with Gasteiger partial charge in [0, 0.05) is 38.4 Å². The Hall–Kier alpha value is -2.04. The van der Waals surface area contributed by atoms with Crippen molar-refractivity contribution in [3.8, 4) is 0 Å². The number of allylic oxidation sites excluding steroid dienone is 1. The Balaban J connectivity index is 1.81. The summed E-state index contributed by atoms with van der Waals surface area (Å²) in [6, 6.07) is 6.58. The molecule has 0 radical (unpaired) electrons. The smallest absolute Gasteiger partial charge is 0.191 e.